The number of rotatable bonds is 5. The average Bonchev–Trinajstić information content (AvgIpc) is 3.66. The third-order valence-electron chi connectivity index (χ3n) is 7.14. The normalized spacial score (nSPS) is 15.8. The fourth-order valence-electron chi connectivity index (χ4n) is 5.00. The third kappa shape index (κ3) is 4.00. The summed E-state index contributed by atoms with van der Waals surface area (Å²) in [7, 11) is 0. The summed E-state index contributed by atoms with van der Waals surface area (Å²) in [4.78, 5) is 13.2. The third-order valence-corrected chi connectivity index (χ3v) is 7.14. The molecule has 1 aliphatic carbocycles. The minimum atomic E-state index is -0.327. The number of carbonyl (C=O) groups excluding carboxylic acids is 1. The Morgan fingerprint density at radius 3 is 2.66 bits per heavy atom. The van der Waals surface area contributed by atoms with Gasteiger partial charge in [-0.3, -0.25) is 10.2 Å². The molecule has 4 aromatic rings. The number of aryl methyl sites for hydroxylation is 3. The summed E-state index contributed by atoms with van der Waals surface area (Å²) in [6, 6.07) is 15.4. The summed E-state index contributed by atoms with van der Waals surface area (Å²) < 4.78 is 0. The lowest BCUT2D eigenvalue weighted by Crippen LogP contribution is -2.28. The SMILES string of the molecule is CC1=NN(c2ccc(C)c(C)c2)C(=O)/C1=N\Nc1cc2c(c(-c3cccc(-c4nn[nH]n4)c3)c1O)CCC2. The predicted molar refractivity (Wildman–Crippen MR) is 146 cm³/mol. The molecule has 10 heteroatoms. The van der Waals surface area contributed by atoms with E-state index in [1.165, 1.54) is 5.01 Å². The summed E-state index contributed by atoms with van der Waals surface area (Å²) >= 11 is 0. The van der Waals surface area contributed by atoms with Gasteiger partial charge in [0.15, 0.2) is 5.71 Å². The van der Waals surface area contributed by atoms with Gasteiger partial charge in [0.25, 0.3) is 0 Å². The van der Waals surface area contributed by atoms with E-state index in [9.17, 15) is 9.90 Å². The Bertz CT molecular complexity index is 1640. The van der Waals surface area contributed by atoms with Crippen LogP contribution in [0.2, 0.25) is 0 Å². The summed E-state index contributed by atoms with van der Waals surface area (Å²) in [6.07, 6.45) is 2.77. The number of benzene rings is 3. The lowest BCUT2D eigenvalue weighted by molar-refractivity contribution is -0.112. The zero-order chi connectivity index (χ0) is 26.4. The first-order valence-corrected chi connectivity index (χ1v) is 12.4. The number of phenols is 1. The van der Waals surface area contributed by atoms with E-state index in [1.807, 2.05) is 62.4 Å². The molecule has 2 aliphatic rings. The number of phenolic OH excluding ortho intramolecular Hbond substituents is 1. The van der Waals surface area contributed by atoms with Crippen molar-refractivity contribution in [1.82, 2.24) is 20.6 Å². The fourth-order valence-corrected chi connectivity index (χ4v) is 5.00. The maximum Gasteiger partial charge on any atom is 0.301 e. The molecule has 0 spiro atoms. The monoisotopic (exact) mass is 506 g/mol. The Balaban J connectivity index is 1.35. The summed E-state index contributed by atoms with van der Waals surface area (Å²) in [6.45, 7) is 5.77. The standard InChI is InChI=1S/C28H26N8O2/c1-15-10-11-21(12-16(15)2)36-28(38)25(17(3)33-36)30-29-23-14-18-6-5-9-22(18)24(26(23)37)19-7-4-8-20(13-19)27-31-34-35-32-27/h4,7-8,10-14,29,37H,5-6,9H2,1-3H3,(H,31,32,34,35)/b30-25-. The van der Waals surface area contributed by atoms with Crippen molar-refractivity contribution in [2.45, 2.75) is 40.0 Å². The largest absolute Gasteiger partial charge is 0.505 e. The number of hydrogen-bond donors (Lipinski definition) is 3. The van der Waals surface area contributed by atoms with Gasteiger partial charge in [-0.05, 0) is 97.3 Å². The molecule has 38 heavy (non-hydrogen) atoms. The highest BCUT2D eigenvalue weighted by Gasteiger charge is 2.31. The Morgan fingerprint density at radius 1 is 1.03 bits per heavy atom. The van der Waals surface area contributed by atoms with Crippen molar-refractivity contribution >= 4 is 28.7 Å². The van der Waals surface area contributed by atoms with Crippen LogP contribution >= 0.6 is 0 Å². The molecule has 0 bridgehead atoms. The second-order valence-corrected chi connectivity index (χ2v) is 9.60. The van der Waals surface area contributed by atoms with Gasteiger partial charge in [0, 0.05) is 11.1 Å². The van der Waals surface area contributed by atoms with Gasteiger partial charge < -0.3 is 5.11 Å². The van der Waals surface area contributed by atoms with Crippen molar-refractivity contribution < 1.29 is 9.90 Å². The molecule has 0 saturated carbocycles. The Morgan fingerprint density at radius 2 is 1.87 bits per heavy atom. The molecular weight excluding hydrogens is 480 g/mol. The van der Waals surface area contributed by atoms with Crippen LogP contribution in [0.3, 0.4) is 0 Å². The van der Waals surface area contributed by atoms with Crippen molar-refractivity contribution in [3.05, 3.63) is 70.8 Å². The number of hydrogen-bond acceptors (Lipinski definition) is 8. The van der Waals surface area contributed by atoms with Crippen LogP contribution < -0.4 is 10.4 Å². The number of tetrazole rings is 1. The van der Waals surface area contributed by atoms with E-state index in [2.05, 4.69) is 36.3 Å². The van der Waals surface area contributed by atoms with Crippen LogP contribution in [0.4, 0.5) is 11.4 Å². The van der Waals surface area contributed by atoms with Crippen molar-refractivity contribution in [2.75, 3.05) is 10.4 Å². The van der Waals surface area contributed by atoms with E-state index >= 15 is 0 Å². The zero-order valence-electron chi connectivity index (χ0n) is 21.3. The smallest absolute Gasteiger partial charge is 0.301 e. The summed E-state index contributed by atoms with van der Waals surface area (Å²) in [5.41, 5.74) is 11.6. The molecule has 1 aromatic heterocycles. The van der Waals surface area contributed by atoms with Crippen molar-refractivity contribution in [1.29, 1.82) is 0 Å². The number of anilines is 2. The topological polar surface area (TPSA) is 132 Å². The number of aromatic nitrogens is 4. The van der Waals surface area contributed by atoms with Crippen LogP contribution in [0.15, 0.2) is 58.7 Å². The second kappa shape index (κ2) is 9.22. The van der Waals surface area contributed by atoms with E-state index in [0.29, 0.717) is 22.9 Å². The molecule has 190 valence electrons. The van der Waals surface area contributed by atoms with Crippen LogP contribution in [0, 0.1) is 13.8 Å². The highest BCUT2D eigenvalue weighted by atomic mass is 16.3. The molecule has 10 nitrogen and oxygen atoms in total. The molecule has 1 aliphatic heterocycles. The van der Waals surface area contributed by atoms with Gasteiger partial charge in [0.2, 0.25) is 5.82 Å². The van der Waals surface area contributed by atoms with Crippen molar-refractivity contribution in [3.63, 3.8) is 0 Å². The molecule has 1 amide bonds. The van der Waals surface area contributed by atoms with Gasteiger partial charge >= 0.3 is 5.91 Å². The number of H-pyrrole nitrogens is 1. The van der Waals surface area contributed by atoms with Gasteiger partial charge in [0.1, 0.15) is 5.75 Å². The van der Waals surface area contributed by atoms with Crippen molar-refractivity contribution in [3.8, 4) is 28.3 Å². The van der Waals surface area contributed by atoms with Crippen LogP contribution in [-0.2, 0) is 17.6 Å². The minimum Gasteiger partial charge on any atom is -0.505 e. The van der Waals surface area contributed by atoms with Crippen molar-refractivity contribution in [2.24, 2.45) is 10.2 Å². The molecule has 0 atom stereocenters. The highest BCUT2D eigenvalue weighted by Crippen LogP contribution is 2.44. The number of nitrogens with zero attached hydrogens (tertiary/aromatic N) is 6. The number of aromatic amines is 1. The van der Waals surface area contributed by atoms with Crippen LogP contribution in [0.5, 0.6) is 5.75 Å². The predicted octanol–water partition coefficient (Wildman–Crippen LogP) is 4.54. The molecule has 0 radical (unpaired) electrons. The second-order valence-electron chi connectivity index (χ2n) is 9.60. The molecule has 0 fully saturated rings. The van der Waals surface area contributed by atoms with E-state index in [0.717, 1.165) is 58.2 Å². The van der Waals surface area contributed by atoms with Gasteiger partial charge in [-0.1, -0.05) is 24.3 Å². The number of carbonyl (C=O) groups is 1. The number of fused-ring (bicyclic) bond motifs is 1. The summed E-state index contributed by atoms with van der Waals surface area (Å²) in [5.74, 6) is 0.227. The Kier molecular flexibility index (Phi) is 5.71. The van der Waals surface area contributed by atoms with Gasteiger partial charge in [0.05, 0.1) is 17.1 Å². The molecular formula is C28H26N8O2. The van der Waals surface area contributed by atoms with E-state index in [-0.39, 0.29) is 17.4 Å². The van der Waals surface area contributed by atoms with E-state index < -0.39 is 0 Å². The summed E-state index contributed by atoms with van der Waals surface area (Å²) in [5, 5.41) is 35.9. The minimum absolute atomic E-state index is 0.0753. The maximum atomic E-state index is 13.2. The molecule has 0 saturated heterocycles. The van der Waals surface area contributed by atoms with Crippen LogP contribution in [0.25, 0.3) is 22.5 Å². The van der Waals surface area contributed by atoms with Crippen LogP contribution in [0.1, 0.15) is 35.6 Å². The fraction of sp³-hybridized carbons (Fsp3) is 0.214. The first-order valence-electron chi connectivity index (χ1n) is 12.4. The lowest BCUT2D eigenvalue weighted by Gasteiger charge is -2.16. The quantitative estimate of drug-likeness (QED) is 0.269. The number of nitrogens with one attached hydrogen (secondary N) is 2. The number of hydrazone groups is 2. The first kappa shape index (κ1) is 23.5. The van der Waals surface area contributed by atoms with Gasteiger partial charge in [-0.25, -0.2) is 0 Å². The van der Waals surface area contributed by atoms with E-state index in [4.69, 9.17) is 0 Å². The van der Waals surface area contributed by atoms with Crippen LogP contribution in [-0.4, -0.2) is 43.1 Å². The number of aromatic hydroxyl groups is 1. The molecule has 0 unspecified atom stereocenters. The molecule has 6 rings (SSSR count). The Labute approximate surface area is 219 Å². The van der Waals surface area contributed by atoms with E-state index in [1.54, 1.807) is 6.92 Å². The Hall–Kier alpha value is -4.86. The van der Waals surface area contributed by atoms with Gasteiger partial charge in [-0.2, -0.15) is 20.4 Å². The maximum absolute atomic E-state index is 13.2. The zero-order valence-corrected chi connectivity index (χ0v) is 21.3. The molecule has 2 heterocycles. The highest BCUT2D eigenvalue weighted by molar-refractivity contribution is 6.71. The molecule has 3 N–H and O–H groups in total. The average molecular weight is 507 g/mol. The van der Waals surface area contributed by atoms with Gasteiger partial charge in [-0.15, -0.1) is 10.2 Å². The number of amides is 1. The lowest BCUT2D eigenvalue weighted by atomic mass is 9.93. The first-order chi connectivity index (χ1) is 18.4. The molecule has 3 aromatic carbocycles.